The van der Waals surface area contributed by atoms with Crippen molar-refractivity contribution in [2.75, 3.05) is 42.9 Å². The lowest BCUT2D eigenvalue weighted by Crippen LogP contribution is -2.53. The summed E-state index contributed by atoms with van der Waals surface area (Å²) < 4.78 is 0. The minimum Gasteiger partial charge on any atom is -0.508 e. The van der Waals surface area contributed by atoms with Gasteiger partial charge in [-0.1, -0.05) is 6.07 Å². The van der Waals surface area contributed by atoms with E-state index in [9.17, 15) is 29.7 Å². The minimum absolute atomic E-state index is 0.0349. The van der Waals surface area contributed by atoms with Crippen LogP contribution in [0.25, 0.3) is 0 Å². The van der Waals surface area contributed by atoms with Crippen LogP contribution in [-0.2, 0) is 17.8 Å². The summed E-state index contributed by atoms with van der Waals surface area (Å²) in [5.41, 5.74) is 1.92. The Labute approximate surface area is 232 Å². The summed E-state index contributed by atoms with van der Waals surface area (Å²) in [5, 5.41) is 36.7. The molecule has 3 heterocycles. The van der Waals surface area contributed by atoms with Gasteiger partial charge in [0.2, 0.25) is 5.91 Å². The van der Waals surface area contributed by atoms with Crippen LogP contribution >= 0.6 is 0 Å². The van der Waals surface area contributed by atoms with Crippen LogP contribution in [0.3, 0.4) is 0 Å². The molecular formula is C28H36N6O6. The maximum absolute atomic E-state index is 13.3. The Morgan fingerprint density at radius 2 is 1.82 bits per heavy atom. The number of fused-ring (bicyclic) bond motifs is 1. The predicted molar refractivity (Wildman–Crippen MR) is 147 cm³/mol. The zero-order valence-corrected chi connectivity index (χ0v) is 22.5. The fourth-order valence-electron chi connectivity index (χ4n) is 5.48. The molecule has 1 aromatic heterocycles. The molecule has 1 aliphatic carbocycles. The molecule has 1 saturated heterocycles. The van der Waals surface area contributed by atoms with E-state index >= 15 is 0 Å². The van der Waals surface area contributed by atoms with Gasteiger partial charge in [0.05, 0.1) is 12.1 Å². The van der Waals surface area contributed by atoms with Gasteiger partial charge in [-0.2, -0.15) is 0 Å². The van der Waals surface area contributed by atoms with E-state index in [0.717, 1.165) is 29.7 Å². The minimum atomic E-state index is -1.18. The fraction of sp³-hybridized carbons (Fsp3) is 0.500. The Morgan fingerprint density at radius 1 is 1.07 bits per heavy atom. The van der Waals surface area contributed by atoms with Crippen LogP contribution in [0, 0.1) is 0 Å². The molecule has 3 aliphatic rings. The molecule has 3 amide bonds. The summed E-state index contributed by atoms with van der Waals surface area (Å²) in [7, 11) is 0. The normalized spacial score (nSPS) is 19.9. The third-order valence-corrected chi connectivity index (χ3v) is 8.10. The molecule has 214 valence electrons. The quantitative estimate of drug-likeness (QED) is 0.344. The van der Waals surface area contributed by atoms with Crippen molar-refractivity contribution in [3.05, 3.63) is 47.0 Å². The number of rotatable bonds is 7. The Hall–Kier alpha value is -4.06. The number of nitrogens with zero attached hydrogens (tertiary/aromatic N) is 4. The molecular weight excluding hydrogens is 516 g/mol. The van der Waals surface area contributed by atoms with Gasteiger partial charge in [-0.3, -0.25) is 14.5 Å². The summed E-state index contributed by atoms with van der Waals surface area (Å²) >= 11 is 0. The molecule has 12 nitrogen and oxygen atoms in total. The highest BCUT2D eigenvalue weighted by Crippen LogP contribution is 2.29. The van der Waals surface area contributed by atoms with Crippen molar-refractivity contribution >= 4 is 29.5 Å². The number of phenols is 1. The zero-order chi connectivity index (χ0) is 28.4. The Kier molecular flexibility index (Phi) is 7.97. The van der Waals surface area contributed by atoms with E-state index in [1.165, 1.54) is 12.1 Å². The molecule has 0 unspecified atom stereocenters. The first kappa shape index (κ1) is 27.5. The van der Waals surface area contributed by atoms with Crippen molar-refractivity contribution in [3.8, 4) is 5.75 Å². The number of amides is 3. The molecule has 40 heavy (non-hydrogen) atoms. The number of hydrogen-bond donors (Lipinski definition) is 5. The van der Waals surface area contributed by atoms with Crippen LogP contribution in [0.1, 0.15) is 47.7 Å². The van der Waals surface area contributed by atoms with Crippen LogP contribution in [0.5, 0.6) is 5.75 Å². The standard InChI is InChI=1S/C28H36N6O6/c1-17(35)32-7-9-33(10-8-32)26-14-19(13-25(31-26)30-21-3-2-4-21)27(38)29-15-24(37)23-12-18-5-6-22(36)11-20(18)16-34(23)28(39)40/h5-6,11,13-14,21,23-24,36-37H,2-4,7-10,12,15-16H2,1H3,(H,29,38)(H,30,31)(H,39,40)/t23-,24+/m0/s1. The lowest BCUT2D eigenvalue weighted by Gasteiger charge is -2.37. The number of hydrogen-bond acceptors (Lipinski definition) is 8. The van der Waals surface area contributed by atoms with Gasteiger partial charge < -0.3 is 35.8 Å². The highest BCUT2D eigenvalue weighted by molar-refractivity contribution is 5.95. The molecule has 2 fully saturated rings. The van der Waals surface area contributed by atoms with Crippen LogP contribution in [0.2, 0.25) is 0 Å². The van der Waals surface area contributed by atoms with E-state index in [1.807, 2.05) is 0 Å². The van der Waals surface area contributed by atoms with Gasteiger partial charge in [-0.25, -0.2) is 9.78 Å². The third kappa shape index (κ3) is 6.06. The van der Waals surface area contributed by atoms with Crippen LogP contribution in [-0.4, -0.2) is 98.9 Å². The molecule has 0 radical (unpaired) electrons. The monoisotopic (exact) mass is 552 g/mol. The average molecular weight is 553 g/mol. The topological polar surface area (TPSA) is 159 Å². The number of aromatic nitrogens is 1. The van der Waals surface area contributed by atoms with Crippen molar-refractivity contribution in [2.45, 2.75) is 57.3 Å². The summed E-state index contributed by atoms with van der Waals surface area (Å²) in [6.45, 7) is 3.82. The van der Waals surface area contributed by atoms with Gasteiger partial charge in [0.25, 0.3) is 5.91 Å². The van der Waals surface area contributed by atoms with Crippen molar-refractivity contribution in [2.24, 2.45) is 0 Å². The third-order valence-electron chi connectivity index (χ3n) is 8.10. The van der Waals surface area contributed by atoms with Gasteiger partial charge in [-0.05, 0) is 61.1 Å². The van der Waals surface area contributed by atoms with E-state index in [1.54, 1.807) is 30.0 Å². The van der Waals surface area contributed by atoms with Crippen molar-refractivity contribution < 1.29 is 29.7 Å². The molecule has 5 N–H and O–H groups in total. The summed E-state index contributed by atoms with van der Waals surface area (Å²) in [5.74, 6) is 0.935. The number of carboxylic acid groups (broad SMARTS) is 1. The summed E-state index contributed by atoms with van der Waals surface area (Å²) in [6.07, 6.45) is 1.17. The number of anilines is 2. The van der Waals surface area contributed by atoms with Gasteiger partial charge >= 0.3 is 6.09 Å². The number of aromatic hydroxyl groups is 1. The second-order valence-corrected chi connectivity index (χ2v) is 10.8. The van der Waals surface area contributed by atoms with Crippen molar-refractivity contribution in [3.63, 3.8) is 0 Å². The van der Waals surface area contributed by atoms with Gasteiger partial charge in [0.1, 0.15) is 17.4 Å². The van der Waals surface area contributed by atoms with E-state index in [2.05, 4.69) is 15.5 Å². The molecule has 2 aromatic rings. The molecule has 5 rings (SSSR count). The second kappa shape index (κ2) is 11.6. The van der Waals surface area contributed by atoms with E-state index in [0.29, 0.717) is 55.0 Å². The molecule has 1 aromatic carbocycles. The molecule has 2 atom stereocenters. The SMILES string of the molecule is CC(=O)N1CCN(c2cc(C(=O)NC[C@@H](O)[C@@H]3Cc4ccc(O)cc4CN3C(=O)O)cc(NC3CCC3)n2)CC1. The fourth-order valence-corrected chi connectivity index (χ4v) is 5.48. The smallest absolute Gasteiger partial charge is 0.407 e. The van der Waals surface area contributed by atoms with E-state index in [4.69, 9.17) is 4.98 Å². The van der Waals surface area contributed by atoms with Crippen molar-refractivity contribution in [1.29, 1.82) is 0 Å². The molecule has 1 saturated carbocycles. The number of phenolic OH excluding ortho intramolecular Hbond substituents is 1. The maximum atomic E-state index is 13.3. The first-order chi connectivity index (χ1) is 19.2. The second-order valence-electron chi connectivity index (χ2n) is 10.8. The highest BCUT2D eigenvalue weighted by Gasteiger charge is 2.35. The van der Waals surface area contributed by atoms with E-state index in [-0.39, 0.29) is 31.2 Å². The zero-order valence-electron chi connectivity index (χ0n) is 22.5. The summed E-state index contributed by atoms with van der Waals surface area (Å²) in [4.78, 5) is 46.7. The molecule has 12 heteroatoms. The first-order valence-electron chi connectivity index (χ1n) is 13.7. The number of aliphatic hydroxyl groups is 1. The number of aliphatic hydroxyl groups excluding tert-OH is 1. The largest absolute Gasteiger partial charge is 0.508 e. The van der Waals surface area contributed by atoms with Gasteiger partial charge in [0, 0.05) is 57.8 Å². The van der Waals surface area contributed by atoms with Crippen LogP contribution < -0.4 is 15.5 Å². The lowest BCUT2D eigenvalue weighted by molar-refractivity contribution is -0.129. The number of benzene rings is 1. The number of piperazine rings is 1. The first-order valence-corrected chi connectivity index (χ1v) is 13.7. The Bertz CT molecular complexity index is 1280. The molecule has 0 spiro atoms. The predicted octanol–water partition coefficient (Wildman–Crippen LogP) is 1.62. The average Bonchev–Trinajstić information content (AvgIpc) is 2.92. The highest BCUT2D eigenvalue weighted by atomic mass is 16.4. The maximum Gasteiger partial charge on any atom is 0.407 e. The van der Waals surface area contributed by atoms with Crippen LogP contribution in [0.15, 0.2) is 30.3 Å². The Morgan fingerprint density at radius 3 is 2.48 bits per heavy atom. The number of carbonyl (C=O) groups excluding carboxylic acids is 2. The van der Waals surface area contributed by atoms with E-state index < -0.39 is 24.1 Å². The Balaban J connectivity index is 1.28. The van der Waals surface area contributed by atoms with Crippen LogP contribution in [0.4, 0.5) is 16.4 Å². The number of carbonyl (C=O) groups is 3. The van der Waals surface area contributed by atoms with Gasteiger partial charge in [0.15, 0.2) is 0 Å². The summed E-state index contributed by atoms with van der Waals surface area (Å²) in [6, 6.07) is 7.77. The van der Waals surface area contributed by atoms with Gasteiger partial charge in [-0.15, -0.1) is 0 Å². The number of nitrogens with one attached hydrogen (secondary N) is 2. The number of pyridine rings is 1. The lowest BCUT2D eigenvalue weighted by atomic mass is 9.91. The molecule has 0 bridgehead atoms. The molecule has 2 aliphatic heterocycles. The van der Waals surface area contributed by atoms with Crippen molar-refractivity contribution in [1.82, 2.24) is 20.1 Å².